The first-order valence-corrected chi connectivity index (χ1v) is 3.34. The lowest BCUT2D eigenvalue weighted by molar-refractivity contribution is -0.150. The Labute approximate surface area is 64.7 Å². The van der Waals surface area contributed by atoms with E-state index in [0.717, 1.165) is 0 Å². The van der Waals surface area contributed by atoms with Crippen LogP contribution in [0.1, 0.15) is 12.8 Å². The smallest absolute Gasteiger partial charge is 0.199 e. The minimum Gasteiger partial charge on any atom is -0.199 e. The van der Waals surface area contributed by atoms with Gasteiger partial charge in [-0.05, 0) is 22.4 Å². The molecule has 0 saturated heterocycles. The zero-order valence-electron chi connectivity index (χ0n) is 5.01. The molecule has 0 fully saturated rings. The van der Waals surface area contributed by atoms with Gasteiger partial charge < -0.3 is 0 Å². The van der Waals surface area contributed by atoms with E-state index in [0.29, 0.717) is 0 Å². The molecule has 0 aromatic rings. The van der Waals surface area contributed by atoms with Gasteiger partial charge in [0.15, 0.2) is 0 Å². The summed E-state index contributed by atoms with van der Waals surface area (Å²) in [7, 11) is 0. The summed E-state index contributed by atoms with van der Waals surface area (Å²) in [6.45, 7) is 3.05. The molecule has 0 saturated carbocycles. The molecule has 0 aromatic heterocycles. The third kappa shape index (κ3) is 2.44. The standard InChI is InChI=1S/C5H6BrF4/c1-2-3-4(7,8)5(6,9)10/h1-3H2. The molecule has 0 aliphatic carbocycles. The molecule has 0 bridgehead atoms. The molecule has 0 heterocycles. The van der Waals surface area contributed by atoms with E-state index in [4.69, 9.17) is 0 Å². The third-order valence-electron chi connectivity index (χ3n) is 0.905. The summed E-state index contributed by atoms with van der Waals surface area (Å²) < 4.78 is 47.8. The normalized spacial score (nSPS) is 13.8. The number of alkyl halides is 5. The van der Waals surface area contributed by atoms with Crippen molar-refractivity contribution in [1.29, 1.82) is 0 Å². The molecule has 0 atom stereocenters. The fraction of sp³-hybridized carbons (Fsp3) is 0.800. The van der Waals surface area contributed by atoms with Gasteiger partial charge in [-0.2, -0.15) is 17.6 Å². The van der Waals surface area contributed by atoms with Crippen LogP contribution in [0.4, 0.5) is 17.6 Å². The maximum atomic E-state index is 12.1. The van der Waals surface area contributed by atoms with Crippen molar-refractivity contribution in [2.75, 3.05) is 0 Å². The Balaban J connectivity index is 4.10. The van der Waals surface area contributed by atoms with Crippen molar-refractivity contribution >= 4 is 15.9 Å². The van der Waals surface area contributed by atoms with E-state index < -0.39 is 17.2 Å². The summed E-state index contributed by atoms with van der Waals surface area (Å²) in [6, 6.07) is 0. The predicted molar refractivity (Wildman–Crippen MR) is 33.4 cm³/mol. The molecule has 1 radical (unpaired) electrons. The summed E-state index contributed by atoms with van der Waals surface area (Å²) in [5.41, 5.74) is 0. The van der Waals surface area contributed by atoms with E-state index in [-0.39, 0.29) is 6.42 Å². The van der Waals surface area contributed by atoms with Crippen molar-refractivity contribution in [2.45, 2.75) is 23.6 Å². The molecule has 61 valence electrons. The quantitative estimate of drug-likeness (QED) is 0.508. The minimum atomic E-state index is -4.11. The average molecular weight is 222 g/mol. The molecule has 10 heavy (non-hydrogen) atoms. The van der Waals surface area contributed by atoms with E-state index in [1.165, 1.54) is 0 Å². The molecule has 0 aliphatic rings. The lowest BCUT2D eigenvalue weighted by Crippen LogP contribution is -2.34. The van der Waals surface area contributed by atoms with Crippen LogP contribution in [-0.2, 0) is 0 Å². The van der Waals surface area contributed by atoms with Crippen LogP contribution >= 0.6 is 15.9 Å². The van der Waals surface area contributed by atoms with Gasteiger partial charge in [-0.1, -0.05) is 6.92 Å². The Morgan fingerprint density at radius 2 is 1.60 bits per heavy atom. The summed E-state index contributed by atoms with van der Waals surface area (Å²) >= 11 is 1.59. The summed E-state index contributed by atoms with van der Waals surface area (Å²) in [5, 5.41) is 0. The molecule has 0 amide bonds. The number of hydrogen-bond acceptors (Lipinski definition) is 0. The minimum absolute atomic E-state index is 0.214. The molecule has 0 aromatic carbocycles. The first kappa shape index (κ1) is 10.2. The highest BCUT2D eigenvalue weighted by molar-refractivity contribution is 9.10. The van der Waals surface area contributed by atoms with Gasteiger partial charge in [-0.15, -0.1) is 0 Å². The largest absolute Gasteiger partial charge is 0.363 e. The Morgan fingerprint density at radius 3 is 1.70 bits per heavy atom. The van der Waals surface area contributed by atoms with Crippen molar-refractivity contribution in [3.05, 3.63) is 6.92 Å². The molecule has 0 unspecified atom stereocenters. The van der Waals surface area contributed by atoms with Crippen LogP contribution in [0.2, 0.25) is 0 Å². The first-order chi connectivity index (χ1) is 4.31. The van der Waals surface area contributed by atoms with E-state index in [1.54, 1.807) is 15.9 Å². The highest BCUT2D eigenvalue weighted by Crippen LogP contribution is 2.42. The fourth-order valence-corrected chi connectivity index (χ4v) is 0.562. The Morgan fingerprint density at radius 1 is 1.20 bits per heavy atom. The Hall–Kier alpha value is 0.200. The van der Waals surface area contributed by atoms with Crippen LogP contribution < -0.4 is 0 Å². The van der Waals surface area contributed by atoms with E-state index in [9.17, 15) is 17.6 Å². The van der Waals surface area contributed by atoms with E-state index in [1.807, 2.05) is 0 Å². The molecule has 0 spiro atoms. The number of rotatable bonds is 3. The average Bonchev–Trinajstić information content (AvgIpc) is 1.61. The zero-order chi connectivity index (χ0) is 8.41. The molecule has 5 heteroatoms. The van der Waals surface area contributed by atoms with Gasteiger partial charge in [-0.3, -0.25) is 0 Å². The second-order valence-corrected chi connectivity index (χ2v) is 2.80. The summed E-state index contributed by atoms with van der Waals surface area (Å²) in [6.07, 6.45) is -1.13. The maximum Gasteiger partial charge on any atom is 0.363 e. The van der Waals surface area contributed by atoms with Crippen molar-refractivity contribution in [3.63, 3.8) is 0 Å². The van der Waals surface area contributed by atoms with Gasteiger partial charge in [0.1, 0.15) is 0 Å². The van der Waals surface area contributed by atoms with Gasteiger partial charge in [0.25, 0.3) is 0 Å². The first-order valence-electron chi connectivity index (χ1n) is 2.55. The van der Waals surface area contributed by atoms with Crippen LogP contribution in [0.25, 0.3) is 0 Å². The van der Waals surface area contributed by atoms with Crippen molar-refractivity contribution in [1.82, 2.24) is 0 Å². The van der Waals surface area contributed by atoms with Crippen LogP contribution in [0.3, 0.4) is 0 Å². The van der Waals surface area contributed by atoms with Crippen molar-refractivity contribution < 1.29 is 17.6 Å². The number of hydrogen-bond donors (Lipinski definition) is 0. The van der Waals surface area contributed by atoms with E-state index >= 15 is 0 Å². The van der Waals surface area contributed by atoms with Crippen molar-refractivity contribution in [2.24, 2.45) is 0 Å². The lowest BCUT2D eigenvalue weighted by Gasteiger charge is -2.20. The molecular formula is C5H6BrF4. The molecule has 0 N–H and O–H groups in total. The monoisotopic (exact) mass is 221 g/mol. The fourth-order valence-electron chi connectivity index (χ4n) is 0.364. The predicted octanol–water partition coefficient (Wildman–Crippen LogP) is 3.22. The van der Waals surface area contributed by atoms with Crippen molar-refractivity contribution in [3.8, 4) is 0 Å². The van der Waals surface area contributed by atoms with Crippen LogP contribution in [-0.4, -0.2) is 10.8 Å². The Kier molecular flexibility index (Phi) is 3.13. The van der Waals surface area contributed by atoms with Gasteiger partial charge in [0.05, 0.1) is 0 Å². The topological polar surface area (TPSA) is 0 Å². The maximum absolute atomic E-state index is 12.1. The van der Waals surface area contributed by atoms with Crippen LogP contribution in [0, 0.1) is 6.92 Å². The highest BCUT2D eigenvalue weighted by atomic mass is 79.9. The van der Waals surface area contributed by atoms with Crippen LogP contribution in [0.15, 0.2) is 0 Å². The summed E-state index contributed by atoms with van der Waals surface area (Å²) in [4.78, 5) is -4.11. The third-order valence-corrected chi connectivity index (χ3v) is 1.49. The highest BCUT2D eigenvalue weighted by Gasteiger charge is 2.53. The van der Waals surface area contributed by atoms with Gasteiger partial charge in [-0.25, -0.2) is 0 Å². The lowest BCUT2D eigenvalue weighted by atomic mass is 10.2. The Bertz CT molecular complexity index is 107. The number of halogens is 5. The molecule has 0 nitrogen and oxygen atoms in total. The molecule has 0 aliphatic heterocycles. The van der Waals surface area contributed by atoms with Gasteiger partial charge in [0, 0.05) is 6.42 Å². The second kappa shape index (κ2) is 3.07. The summed E-state index contributed by atoms with van der Waals surface area (Å²) in [5.74, 6) is -3.99. The molecular weight excluding hydrogens is 216 g/mol. The second-order valence-electron chi connectivity index (χ2n) is 1.81. The SMILES string of the molecule is [CH2]CCC(F)(F)C(F)(F)Br. The van der Waals surface area contributed by atoms with E-state index in [2.05, 4.69) is 6.92 Å². The molecule has 0 rings (SSSR count). The zero-order valence-corrected chi connectivity index (χ0v) is 6.60. The van der Waals surface area contributed by atoms with Crippen LogP contribution in [0.5, 0.6) is 0 Å². The van der Waals surface area contributed by atoms with Gasteiger partial charge in [0.2, 0.25) is 0 Å². The van der Waals surface area contributed by atoms with Gasteiger partial charge >= 0.3 is 10.8 Å².